The lowest BCUT2D eigenvalue weighted by molar-refractivity contribution is -0.111. The number of benzene rings is 2. The predicted molar refractivity (Wildman–Crippen MR) is 110 cm³/mol. The number of anilines is 1. The van der Waals surface area contributed by atoms with Crippen molar-refractivity contribution in [2.75, 3.05) is 5.32 Å². The second-order valence-electron chi connectivity index (χ2n) is 6.41. The lowest BCUT2D eigenvalue weighted by Crippen LogP contribution is -2.06. The van der Waals surface area contributed by atoms with Crippen molar-refractivity contribution in [1.29, 1.82) is 0 Å². The van der Waals surface area contributed by atoms with E-state index in [1.54, 1.807) is 30.5 Å². The van der Waals surface area contributed by atoms with Gasteiger partial charge < -0.3 is 4.42 Å². The van der Waals surface area contributed by atoms with Crippen molar-refractivity contribution in [3.05, 3.63) is 88.4 Å². The molecule has 4 aromatic rings. The minimum absolute atomic E-state index is 0.245. The summed E-state index contributed by atoms with van der Waals surface area (Å²) in [6.07, 6.45) is 5.12. The zero-order valence-corrected chi connectivity index (χ0v) is 15.9. The number of nitrogens with zero attached hydrogens (tertiary/aromatic N) is 1. The topological polar surface area (TPSA) is 55.1 Å². The number of rotatable bonds is 5. The molecule has 2 heterocycles. The van der Waals surface area contributed by atoms with Crippen molar-refractivity contribution >= 4 is 39.4 Å². The maximum Gasteiger partial charge on any atom is 0.250 e. The fourth-order valence-corrected chi connectivity index (χ4v) is 3.69. The van der Waals surface area contributed by atoms with Crippen LogP contribution in [0.3, 0.4) is 0 Å². The number of hydrogen-bond acceptors (Lipinski definition) is 4. The van der Waals surface area contributed by atoms with Gasteiger partial charge in [-0.1, -0.05) is 29.8 Å². The fraction of sp³-hybridized carbons (Fsp3) is 0.0909. The summed E-state index contributed by atoms with van der Waals surface area (Å²) < 4.78 is 19.4. The molecule has 0 atom stereocenters. The predicted octanol–water partition coefficient (Wildman–Crippen LogP) is 5.58. The lowest BCUT2D eigenvalue weighted by Gasteiger charge is -1.99. The third-order valence-electron chi connectivity index (χ3n) is 4.20. The zero-order valence-electron chi connectivity index (χ0n) is 15.1. The maximum absolute atomic E-state index is 13.7. The Bertz CT molecular complexity index is 1180. The molecule has 0 radical (unpaired) electrons. The van der Waals surface area contributed by atoms with E-state index in [0.29, 0.717) is 22.9 Å². The Morgan fingerprint density at radius 3 is 2.96 bits per heavy atom. The number of carbonyl (C=O) groups excluding carboxylic acids is 1. The summed E-state index contributed by atoms with van der Waals surface area (Å²) in [6.45, 7) is 2.02. The molecular weight excluding hydrogens is 375 g/mol. The van der Waals surface area contributed by atoms with E-state index in [0.717, 1.165) is 21.4 Å². The second-order valence-corrected chi connectivity index (χ2v) is 7.53. The van der Waals surface area contributed by atoms with Gasteiger partial charge in [-0.15, -0.1) is 11.3 Å². The third kappa shape index (κ3) is 4.18. The van der Waals surface area contributed by atoms with E-state index in [9.17, 15) is 9.18 Å². The molecule has 0 aliphatic heterocycles. The highest BCUT2D eigenvalue weighted by atomic mass is 32.1. The summed E-state index contributed by atoms with van der Waals surface area (Å²) in [6, 6.07) is 14.4. The zero-order chi connectivity index (χ0) is 19.5. The molecule has 0 unspecified atom stereocenters. The Morgan fingerprint density at radius 2 is 2.11 bits per heavy atom. The minimum atomic E-state index is -0.302. The Labute approximate surface area is 165 Å². The van der Waals surface area contributed by atoms with Crippen molar-refractivity contribution < 1.29 is 13.6 Å². The van der Waals surface area contributed by atoms with Gasteiger partial charge in [-0.25, -0.2) is 9.37 Å². The molecule has 0 aliphatic rings. The van der Waals surface area contributed by atoms with Crippen LogP contribution in [0.25, 0.3) is 17.0 Å². The summed E-state index contributed by atoms with van der Waals surface area (Å²) in [5.74, 6) is 0.0593. The van der Waals surface area contributed by atoms with Crippen LogP contribution in [0.4, 0.5) is 9.52 Å². The molecule has 1 N–H and O–H groups in total. The molecule has 140 valence electrons. The van der Waals surface area contributed by atoms with Crippen LogP contribution in [0.2, 0.25) is 0 Å². The first-order valence-corrected chi connectivity index (χ1v) is 9.56. The van der Waals surface area contributed by atoms with Gasteiger partial charge in [-0.3, -0.25) is 10.1 Å². The number of hydrogen-bond donors (Lipinski definition) is 1. The standard InChI is InChI=1S/C22H17FN2O2S/c1-14-6-8-20-16(10-14)11-17(27-20)7-9-21(26)25-22-24-13-18(28-22)12-15-4-2-3-5-19(15)23/h2-11,13H,12H2,1H3,(H,24,25,26). The van der Waals surface area contributed by atoms with Crippen LogP contribution in [0, 0.1) is 12.7 Å². The average molecular weight is 392 g/mol. The molecule has 4 rings (SSSR count). The van der Waals surface area contributed by atoms with Crippen molar-refractivity contribution in [1.82, 2.24) is 4.98 Å². The number of amides is 1. The molecule has 0 bridgehead atoms. The summed E-state index contributed by atoms with van der Waals surface area (Å²) in [4.78, 5) is 17.2. The van der Waals surface area contributed by atoms with Crippen LogP contribution in [-0.2, 0) is 11.2 Å². The van der Waals surface area contributed by atoms with Gasteiger partial charge in [0.05, 0.1) is 0 Å². The van der Waals surface area contributed by atoms with E-state index in [1.807, 2.05) is 31.2 Å². The van der Waals surface area contributed by atoms with Crippen molar-refractivity contribution in [2.24, 2.45) is 0 Å². The summed E-state index contributed by atoms with van der Waals surface area (Å²) in [5, 5.41) is 4.19. The smallest absolute Gasteiger partial charge is 0.250 e. The second kappa shape index (κ2) is 7.78. The van der Waals surface area contributed by atoms with E-state index < -0.39 is 0 Å². The number of nitrogens with one attached hydrogen (secondary N) is 1. The molecule has 0 saturated heterocycles. The Hall–Kier alpha value is -3.25. The largest absolute Gasteiger partial charge is 0.457 e. The maximum atomic E-state index is 13.7. The number of fused-ring (bicyclic) bond motifs is 1. The summed E-state index contributed by atoms with van der Waals surface area (Å²) >= 11 is 1.32. The monoisotopic (exact) mass is 392 g/mol. The Morgan fingerprint density at radius 1 is 1.25 bits per heavy atom. The number of carbonyl (C=O) groups is 1. The van der Waals surface area contributed by atoms with Crippen LogP contribution in [0.1, 0.15) is 21.8 Å². The minimum Gasteiger partial charge on any atom is -0.457 e. The van der Waals surface area contributed by atoms with E-state index in [1.165, 1.54) is 23.5 Å². The Kier molecular flexibility index (Phi) is 5.04. The van der Waals surface area contributed by atoms with E-state index in [4.69, 9.17) is 4.42 Å². The average Bonchev–Trinajstić information content (AvgIpc) is 3.28. The number of furan rings is 1. The van der Waals surface area contributed by atoms with E-state index >= 15 is 0 Å². The molecule has 0 fully saturated rings. The van der Waals surface area contributed by atoms with Crippen LogP contribution in [0.5, 0.6) is 0 Å². The molecule has 0 aliphatic carbocycles. The molecule has 6 heteroatoms. The number of aryl methyl sites for hydroxylation is 1. The van der Waals surface area contributed by atoms with Gasteiger partial charge in [-0.2, -0.15) is 0 Å². The van der Waals surface area contributed by atoms with Crippen molar-refractivity contribution in [3.8, 4) is 0 Å². The highest BCUT2D eigenvalue weighted by molar-refractivity contribution is 7.15. The molecule has 0 spiro atoms. The van der Waals surface area contributed by atoms with Gasteiger partial charge in [0.25, 0.3) is 0 Å². The van der Waals surface area contributed by atoms with E-state index in [-0.39, 0.29) is 11.7 Å². The van der Waals surface area contributed by atoms with Crippen LogP contribution in [0.15, 0.2) is 65.2 Å². The van der Waals surface area contributed by atoms with Gasteiger partial charge in [-0.05, 0) is 42.8 Å². The number of halogens is 1. The van der Waals surface area contributed by atoms with Gasteiger partial charge in [0.1, 0.15) is 17.2 Å². The van der Waals surface area contributed by atoms with Crippen LogP contribution >= 0.6 is 11.3 Å². The highest BCUT2D eigenvalue weighted by Crippen LogP contribution is 2.23. The molecule has 2 aromatic heterocycles. The van der Waals surface area contributed by atoms with E-state index in [2.05, 4.69) is 10.3 Å². The van der Waals surface area contributed by atoms with Crippen LogP contribution < -0.4 is 5.32 Å². The SMILES string of the molecule is Cc1ccc2oc(C=CC(=O)Nc3ncc(Cc4ccccc4F)s3)cc2c1. The first-order chi connectivity index (χ1) is 13.6. The van der Waals surface area contributed by atoms with Gasteiger partial charge in [0, 0.05) is 29.0 Å². The number of aromatic nitrogens is 1. The molecule has 0 saturated carbocycles. The quantitative estimate of drug-likeness (QED) is 0.451. The van der Waals surface area contributed by atoms with Crippen molar-refractivity contribution in [2.45, 2.75) is 13.3 Å². The molecule has 2 aromatic carbocycles. The molecule has 4 nitrogen and oxygen atoms in total. The Balaban J connectivity index is 1.40. The summed E-state index contributed by atoms with van der Waals surface area (Å²) in [5.41, 5.74) is 2.53. The van der Waals surface area contributed by atoms with Gasteiger partial charge >= 0.3 is 0 Å². The van der Waals surface area contributed by atoms with Gasteiger partial charge in [0.15, 0.2) is 5.13 Å². The first kappa shape index (κ1) is 18.1. The third-order valence-corrected chi connectivity index (χ3v) is 5.11. The molecular formula is C22H17FN2O2S. The van der Waals surface area contributed by atoms with Crippen LogP contribution in [-0.4, -0.2) is 10.9 Å². The summed E-state index contributed by atoms with van der Waals surface area (Å²) in [7, 11) is 0. The normalized spacial score (nSPS) is 11.4. The van der Waals surface area contributed by atoms with Crippen molar-refractivity contribution in [3.63, 3.8) is 0 Å². The van der Waals surface area contributed by atoms with Gasteiger partial charge in [0.2, 0.25) is 5.91 Å². The molecule has 1 amide bonds. The highest BCUT2D eigenvalue weighted by Gasteiger charge is 2.08. The number of thiazole rings is 1. The fourth-order valence-electron chi connectivity index (χ4n) is 2.85. The first-order valence-electron chi connectivity index (χ1n) is 8.74. The lowest BCUT2D eigenvalue weighted by atomic mass is 10.1. The molecule has 28 heavy (non-hydrogen) atoms.